The van der Waals surface area contributed by atoms with Gasteiger partial charge in [-0.1, -0.05) is 12.2 Å². The van der Waals surface area contributed by atoms with E-state index in [1.807, 2.05) is 0 Å². The van der Waals surface area contributed by atoms with Crippen LogP contribution in [0.4, 0.5) is 5.95 Å². The molecule has 10 heteroatoms. The largest absolute Gasteiger partial charge is 0.394 e. The summed E-state index contributed by atoms with van der Waals surface area (Å²) in [6.45, 7) is -0.406. The zero-order valence-electron chi connectivity index (χ0n) is 10.2. The van der Waals surface area contributed by atoms with Gasteiger partial charge in [-0.2, -0.15) is 4.98 Å². The number of aromatic amines is 1. The van der Waals surface area contributed by atoms with Crippen LogP contribution in [0.2, 0.25) is 0 Å². The van der Waals surface area contributed by atoms with Gasteiger partial charge < -0.3 is 30.8 Å². The average Bonchev–Trinajstić information content (AvgIpc) is 2.93. The first-order valence-electron chi connectivity index (χ1n) is 5.87. The molecule has 3 heterocycles. The van der Waals surface area contributed by atoms with Crippen molar-refractivity contribution in [2.75, 3.05) is 12.3 Å². The number of anilines is 1. The third-order valence-corrected chi connectivity index (χ3v) is 3.54. The number of rotatable bonds is 2. The van der Waals surface area contributed by atoms with Gasteiger partial charge in [-0.15, -0.1) is 0 Å². The van der Waals surface area contributed by atoms with Crippen LogP contribution in [0.5, 0.6) is 0 Å². The highest BCUT2D eigenvalue weighted by molar-refractivity contribution is 7.71. The van der Waals surface area contributed by atoms with E-state index in [4.69, 9.17) is 27.8 Å². The summed E-state index contributed by atoms with van der Waals surface area (Å²) in [7, 11) is 0. The van der Waals surface area contributed by atoms with Crippen LogP contribution in [-0.4, -0.2) is 59.8 Å². The Hall–Kier alpha value is -1.59. The summed E-state index contributed by atoms with van der Waals surface area (Å²) in [6.07, 6.45) is -2.82. The fourth-order valence-electron chi connectivity index (χ4n) is 2.24. The van der Waals surface area contributed by atoms with Gasteiger partial charge in [-0.25, -0.2) is 4.98 Å². The molecule has 2 aromatic rings. The molecule has 0 amide bonds. The average molecular weight is 299 g/mol. The van der Waals surface area contributed by atoms with Gasteiger partial charge >= 0.3 is 0 Å². The molecular formula is C10H13N5O4S. The maximum Gasteiger partial charge on any atom is 0.200 e. The van der Waals surface area contributed by atoms with E-state index in [0.29, 0.717) is 15.8 Å². The van der Waals surface area contributed by atoms with Crippen molar-refractivity contribution in [1.82, 2.24) is 19.5 Å². The summed E-state index contributed by atoms with van der Waals surface area (Å²) in [4.78, 5) is 10.8. The Morgan fingerprint density at radius 3 is 2.85 bits per heavy atom. The molecule has 0 spiro atoms. The molecule has 6 N–H and O–H groups in total. The van der Waals surface area contributed by atoms with E-state index >= 15 is 0 Å². The number of nitrogens with zero attached hydrogens (tertiary/aromatic N) is 3. The van der Waals surface area contributed by atoms with Crippen molar-refractivity contribution < 1.29 is 20.1 Å². The van der Waals surface area contributed by atoms with Crippen molar-refractivity contribution in [2.24, 2.45) is 0 Å². The van der Waals surface area contributed by atoms with E-state index in [1.54, 1.807) is 0 Å². The maximum atomic E-state index is 10.0. The van der Waals surface area contributed by atoms with Gasteiger partial charge in [0.05, 0.1) is 12.9 Å². The lowest BCUT2D eigenvalue weighted by Crippen LogP contribution is -2.33. The molecule has 108 valence electrons. The highest BCUT2D eigenvalue weighted by Crippen LogP contribution is 2.31. The number of aliphatic hydroxyl groups excluding tert-OH is 3. The van der Waals surface area contributed by atoms with E-state index in [0.717, 1.165) is 0 Å². The second-order valence-electron chi connectivity index (χ2n) is 4.50. The van der Waals surface area contributed by atoms with Crippen LogP contribution in [0.1, 0.15) is 6.23 Å². The van der Waals surface area contributed by atoms with Crippen LogP contribution in [0.3, 0.4) is 0 Å². The first-order chi connectivity index (χ1) is 9.52. The number of aromatic nitrogens is 4. The van der Waals surface area contributed by atoms with Crippen LogP contribution >= 0.6 is 12.2 Å². The first kappa shape index (κ1) is 13.4. The Morgan fingerprint density at radius 1 is 1.45 bits per heavy atom. The second kappa shape index (κ2) is 4.75. The monoisotopic (exact) mass is 299 g/mol. The Balaban J connectivity index is 2.09. The van der Waals surface area contributed by atoms with Gasteiger partial charge in [0.15, 0.2) is 11.9 Å². The predicted molar refractivity (Wildman–Crippen MR) is 70.1 cm³/mol. The minimum Gasteiger partial charge on any atom is -0.394 e. The number of fused-ring (bicyclic) bond motifs is 1. The van der Waals surface area contributed by atoms with Crippen molar-refractivity contribution in [2.45, 2.75) is 24.5 Å². The minimum absolute atomic E-state index is 0.107. The smallest absolute Gasteiger partial charge is 0.200 e. The van der Waals surface area contributed by atoms with E-state index in [9.17, 15) is 10.2 Å². The molecule has 0 aromatic carbocycles. The molecule has 1 fully saturated rings. The highest BCUT2D eigenvalue weighted by atomic mass is 32.1. The number of aliphatic hydroxyl groups is 3. The van der Waals surface area contributed by atoms with Crippen molar-refractivity contribution in [3.63, 3.8) is 0 Å². The van der Waals surface area contributed by atoms with Gasteiger partial charge in [0.2, 0.25) is 5.95 Å². The summed E-state index contributed by atoms with van der Waals surface area (Å²) in [6, 6.07) is 0. The topological polar surface area (TPSA) is 142 Å². The number of nitrogen functional groups attached to an aromatic ring is 1. The highest BCUT2D eigenvalue weighted by Gasteiger charge is 2.43. The molecule has 9 nitrogen and oxygen atoms in total. The number of hydrogen-bond acceptors (Lipinski definition) is 8. The van der Waals surface area contributed by atoms with Gasteiger partial charge in [0.1, 0.15) is 28.5 Å². The summed E-state index contributed by atoms with van der Waals surface area (Å²) in [5.41, 5.74) is 6.34. The molecule has 3 rings (SSSR count). The lowest BCUT2D eigenvalue weighted by molar-refractivity contribution is -0.0511. The van der Waals surface area contributed by atoms with Crippen molar-refractivity contribution >= 4 is 29.3 Å². The summed E-state index contributed by atoms with van der Waals surface area (Å²) >= 11 is 5.08. The van der Waals surface area contributed by atoms with Crippen molar-refractivity contribution in [3.8, 4) is 0 Å². The number of nitrogens with two attached hydrogens (primary N) is 1. The standard InChI is InChI=1S/C10H13N5O4S/c11-10-13-7-4(8(20)14-10)12-2-15(7)9-6(18)5(17)3(1-16)19-9/h2-3,5-6,9,16-18H,1H2,(H3,11,13,14,20)/t3-,5?,6+,9-/m1/s1. The minimum atomic E-state index is -1.22. The maximum absolute atomic E-state index is 10.0. The summed E-state index contributed by atoms with van der Waals surface area (Å²) in [5, 5.41) is 28.9. The fourth-order valence-corrected chi connectivity index (χ4v) is 2.49. The molecule has 4 atom stereocenters. The third kappa shape index (κ3) is 1.89. The van der Waals surface area contributed by atoms with Crippen molar-refractivity contribution in [1.29, 1.82) is 0 Å². The lowest BCUT2D eigenvalue weighted by Gasteiger charge is -2.16. The number of nitrogens with one attached hydrogen (secondary N) is 1. The van der Waals surface area contributed by atoms with Gasteiger partial charge in [0, 0.05) is 0 Å². The quantitative estimate of drug-likeness (QED) is 0.430. The molecule has 1 unspecified atom stereocenters. The molecule has 2 aromatic heterocycles. The third-order valence-electron chi connectivity index (χ3n) is 3.24. The van der Waals surface area contributed by atoms with Crippen LogP contribution in [0.15, 0.2) is 6.33 Å². The summed E-state index contributed by atoms with van der Waals surface area (Å²) < 4.78 is 7.16. The van der Waals surface area contributed by atoms with E-state index < -0.39 is 31.1 Å². The zero-order chi connectivity index (χ0) is 14.4. The van der Waals surface area contributed by atoms with Crippen LogP contribution in [-0.2, 0) is 4.74 Å². The Labute approximate surface area is 117 Å². The normalized spacial score (nSPS) is 30.1. The number of ether oxygens (including phenoxy) is 1. The first-order valence-corrected chi connectivity index (χ1v) is 6.28. The van der Waals surface area contributed by atoms with Crippen molar-refractivity contribution in [3.05, 3.63) is 11.0 Å². The molecule has 20 heavy (non-hydrogen) atoms. The Bertz CT molecular complexity index is 701. The number of hydrogen-bond donors (Lipinski definition) is 5. The van der Waals surface area contributed by atoms with Crippen LogP contribution in [0.25, 0.3) is 11.2 Å². The molecule has 1 aliphatic rings. The molecule has 0 bridgehead atoms. The molecule has 0 saturated carbocycles. The number of H-pyrrole nitrogens is 1. The lowest BCUT2D eigenvalue weighted by atomic mass is 10.1. The predicted octanol–water partition coefficient (Wildman–Crippen LogP) is -1.32. The summed E-state index contributed by atoms with van der Waals surface area (Å²) in [5.74, 6) is 0.107. The van der Waals surface area contributed by atoms with Gasteiger partial charge in [-0.05, 0) is 0 Å². The molecule has 1 aliphatic heterocycles. The van der Waals surface area contributed by atoms with Gasteiger partial charge in [-0.3, -0.25) is 4.57 Å². The zero-order valence-corrected chi connectivity index (χ0v) is 11.0. The molecular weight excluding hydrogens is 286 g/mol. The SMILES string of the molecule is Nc1nc2c(ncn2[C@@H]2O[C@H](CO)C(O)[C@@H]2O)c(=S)[nH]1. The fraction of sp³-hybridized carbons (Fsp3) is 0.500. The van der Waals surface area contributed by atoms with Crippen LogP contribution < -0.4 is 5.73 Å². The second-order valence-corrected chi connectivity index (χ2v) is 4.91. The molecule has 0 aliphatic carbocycles. The van der Waals surface area contributed by atoms with E-state index in [-0.39, 0.29) is 5.95 Å². The van der Waals surface area contributed by atoms with Crippen LogP contribution in [0, 0.1) is 4.64 Å². The Kier molecular flexibility index (Phi) is 3.18. The number of imidazole rings is 1. The van der Waals surface area contributed by atoms with E-state index in [1.165, 1.54) is 10.9 Å². The van der Waals surface area contributed by atoms with E-state index in [2.05, 4.69) is 15.0 Å². The molecule has 1 saturated heterocycles. The Morgan fingerprint density at radius 2 is 2.20 bits per heavy atom. The van der Waals surface area contributed by atoms with Gasteiger partial charge in [0.25, 0.3) is 0 Å². The molecule has 0 radical (unpaired) electrons.